The highest BCUT2D eigenvalue weighted by atomic mass is 32.2. The first-order valence-corrected chi connectivity index (χ1v) is 8.57. The fraction of sp³-hybridized carbons (Fsp3) is 0.615. The van der Waals surface area contributed by atoms with Crippen LogP contribution in [-0.4, -0.2) is 79.8 Å². The molecule has 1 aliphatic heterocycles. The number of amides is 2. The first-order valence-electron chi connectivity index (χ1n) is 7.13. The molecule has 23 heavy (non-hydrogen) atoms. The molecule has 10 heteroatoms. The second-order valence-corrected chi connectivity index (χ2v) is 7.42. The molecule has 0 bridgehead atoms. The lowest BCUT2D eigenvalue weighted by atomic mass is 10.3. The number of piperazine rings is 1. The number of hydrogen-bond donors (Lipinski definition) is 0. The number of nitrogens with zero attached hydrogens (tertiary/aromatic N) is 4. The van der Waals surface area contributed by atoms with E-state index in [1.54, 1.807) is 9.80 Å². The number of aromatic nitrogens is 1. The summed E-state index contributed by atoms with van der Waals surface area (Å²) in [5.41, 5.74) is 0.265. The van der Waals surface area contributed by atoms with Gasteiger partial charge in [-0.25, -0.2) is 8.42 Å². The van der Waals surface area contributed by atoms with Crippen molar-refractivity contribution in [3.63, 3.8) is 0 Å². The SMILES string of the molecule is Cc1noc(C)c1S(=O)(=O)N(C)CC(=O)N1CCN(C=O)CC1. The molecule has 0 atom stereocenters. The standard InChI is InChI=1S/C13H20N4O5S/c1-10-13(11(2)22-14-10)23(20,21)15(3)8-12(19)17-6-4-16(9-18)5-7-17/h9H,4-8H2,1-3H3. The summed E-state index contributed by atoms with van der Waals surface area (Å²) in [6, 6.07) is 0. The number of aryl methyl sites for hydroxylation is 2. The fourth-order valence-electron chi connectivity index (χ4n) is 2.45. The van der Waals surface area contributed by atoms with Crippen molar-refractivity contribution >= 4 is 22.3 Å². The zero-order chi connectivity index (χ0) is 17.2. The largest absolute Gasteiger partial charge is 0.360 e. The Kier molecular flexibility index (Phi) is 5.05. The Morgan fingerprint density at radius 2 is 1.91 bits per heavy atom. The van der Waals surface area contributed by atoms with E-state index in [4.69, 9.17) is 4.52 Å². The monoisotopic (exact) mass is 344 g/mol. The Labute approximate surface area is 134 Å². The first-order chi connectivity index (χ1) is 10.8. The summed E-state index contributed by atoms with van der Waals surface area (Å²) in [5, 5.41) is 3.64. The highest BCUT2D eigenvalue weighted by Gasteiger charge is 2.31. The molecule has 2 amide bonds. The van der Waals surface area contributed by atoms with Crippen molar-refractivity contribution in [2.24, 2.45) is 0 Å². The molecule has 1 saturated heterocycles. The molecule has 2 heterocycles. The van der Waals surface area contributed by atoms with Crippen LogP contribution >= 0.6 is 0 Å². The summed E-state index contributed by atoms with van der Waals surface area (Å²) < 4.78 is 31.0. The van der Waals surface area contributed by atoms with Gasteiger partial charge in [-0.3, -0.25) is 9.59 Å². The van der Waals surface area contributed by atoms with Crippen molar-refractivity contribution in [1.82, 2.24) is 19.3 Å². The molecular formula is C13H20N4O5S. The van der Waals surface area contributed by atoms with Crippen molar-refractivity contribution in [3.8, 4) is 0 Å². The third-order valence-corrected chi connectivity index (χ3v) is 5.86. The second-order valence-electron chi connectivity index (χ2n) is 5.44. The van der Waals surface area contributed by atoms with Gasteiger partial charge in [0.1, 0.15) is 10.6 Å². The second kappa shape index (κ2) is 6.67. The molecule has 1 aliphatic rings. The number of hydrogen-bond acceptors (Lipinski definition) is 6. The van der Waals surface area contributed by atoms with Crippen LogP contribution in [0.1, 0.15) is 11.5 Å². The molecule has 0 aromatic carbocycles. The van der Waals surface area contributed by atoms with Gasteiger partial charge in [-0.05, 0) is 13.8 Å². The normalized spacial score (nSPS) is 16.0. The van der Waals surface area contributed by atoms with Gasteiger partial charge in [-0.2, -0.15) is 4.31 Å². The molecule has 0 N–H and O–H groups in total. The highest BCUT2D eigenvalue weighted by molar-refractivity contribution is 7.89. The molecule has 0 saturated carbocycles. The van der Waals surface area contributed by atoms with Crippen molar-refractivity contribution < 1.29 is 22.5 Å². The minimum absolute atomic E-state index is 0.00132. The minimum atomic E-state index is -3.84. The van der Waals surface area contributed by atoms with Gasteiger partial charge in [-0.15, -0.1) is 0 Å². The molecule has 1 aromatic heterocycles. The number of likely N-dealkylation sites (N-methyl/N-ethyl adjacent to an activating group) is 1. The lowest BCUT2D eigenvalue weighted by molar-refractivity contribution is -0.135. The zero-order valence-electron chi connectivity index (χ0n) is 13.4. The van der Waals surface area contributed by atoms with Crippen molar-refractivity contribution in [2.45, 2.75) is 18.7 Å². The van der Waals surface area contributed by atoms with Crippen LogP contribution < -0.4 is 0 Å². The van der Waals surface area contributed by atoms with Gasteiger partial charge < -0.3 is 14.3 Å². The maximum atomic E-state index is 12.6. The van der Waals surface area contributed by atoms with E-state index in [0.29, 0.717) is 26.2 Å². The molecule has 128 valence electrons. The Morgan fingerprint density at radius 3 is 2.39 bits per heavy atom. The molecule has 1 aromatic rings. The van der Waals surface area contributed by atoms with E-state index in [2.05, 4.69) is 5.16 Å². The summed E-state index contributed by atoms with van der Waals surface area (Å²) in [6.07, 6.45) is 0.746. The van der Waals surface area contributed by atoms with Gasteiger partial charge in [0.2, 0.25) is 22.3 Å². The summed E-state index contributed by atoms with van der Waals surface area (Å²) >= 11 is 0. The molecule has 0 radical (unpaired) electrons. The van der Waals surface area contributed by atoms with Gasteiger partial charge in [0.05, 0.1) is 6.54 Å². The zero-order valence-corrected chi connectivity index (χ0v) is 14.2. The summed E-state index contributed by atoms with van der Waals surface area (Å²) in [7, 11) is -2.50. The Balaban J connectivity index is 2.05. The molecule has 0 spiro atoms. The van der Waals surface area contributed by atoms with Crippen LogP contribution in [0, 0.1) is 13.8 Å². The third kappa shape index (κ3) is 3.53. The van der Waals surface area contributed by atoms with Crippen LogP contribution in [0.15, 0.2) is 9.42 Å². The van der Waals surface area contributed by atoms with E-state index in [-0.39, 0.29) is 28.8 Å². The van der Waals surface area contributed by atoms with Crippen molar-refractivity contribution in [1.29, 1.82) is 0 Å². The van der Waals surface area contributed by atoms with Crippen LogP contribution in [0.2, 0.25) is 0 Å². The molecular weight excluding hydrogens is 324 g/mol. The lowest BCUT2D eigenvalue weighted by Crippen LogP contribution is -2.50. The number of carbonyl (C=O) groups is 2. The van der Waals surface area contributed by atoms with E-state index in [1.165, 1.54) is 20.9 Å². The predicted octanol–water partition coefficient (Wildman–Crippen LogP) is -0.787. The van der Waals surface area contributed by atoms with E-state index in [0.717, 1.165) is 10.7 Å². The Hall–Kier alpha value is -1.94. The molecule has 0 aliphatic carbocycles. The highest BCUT2D eigenvalue weighted by Crippen LogP contribution is 2.22. The lowest BCUT2D eigenvalue weighted by Gasteiger charge is -2.33. The summed E-state index contributed by atoms with van der Waals surface area (Å²) in [6.45, 7) is 4.49. The van der Waals surface area contributed by atoms with E-state index in [1.807, 2.05) is 0 Å². The molecule has 1 fully saturated rings. The smallest absolute Gasteiger partial charge is 0.248 e. The maximum absolute atomic E-state index is 12.6. The molecule has 2 rings (SSSR count). The Bertz CT molecular complexity index is 672. The van der Waals surface area contributed by atoms with Crippen LogP contribution in [0.5, 0.6) is 0 Å². The first kappa shape index (κ1) is 17.4. The van der Waals surface area contributed by atoms with E-state index < -0.39 is 10.0 Å². The minimum Gasteiger partial charge on any atom is -0.360 e. The van der Waals surface area contributed by atoms with Crippen LogP contribution in [0.4, 0.5) is 0 Å². The van der Waals surface area contributed by atoms with E-state index >= 15 is 0 Å². The maximum Gasteiger partial charge on any atom is 0.248 e. The molecule has 0 unspecified atom stereocenters. The number of rotatable bonds is 5. The van der Waals surface area contributed by atoms with Crippen molar-refractivity contribution in [2.75, 3.05) is 39.8 Å². The van der Waals surface area contributed by atoms with Crippen LogP contribution in [-0.2, 0) is 19.6 Å². The van der Waals surface area contributed by atoms with Crippen molar-refractivity contribution in [3.05, 3.63) is 11.5 Å². The van der Waals surface area contributed by atoms with Gasteiger partial charge in [-0.1, -0.05) is 5.16 Å². The average Bonchev–Trinajstić information content (AvgIpc) is 2.86. The van der Waals surface area contributed by atoms with Gasteiger partial charge >= 0.3 is 0 Å². The van der Waals surface area contributed by atoms with Gasteiger partial charge in [0.15, 0.2) is 5.76 Å². The number of carbonyl (C=O) groups excluding carboxylic acids is 2. The number of sulfonamides is 1. The van der Waals surface area contributed by atoms with Gasteiger partial charge in [0, 0.05) is 33.2 Å². The quantitative estimate of drug-likeness (QED) is 0.649. The van der Waals surface area contributed by atoms with Gasteiger partial charge in [0.25, 0.3) is 0 Å². The topological polar surface area (TPSA) is 104 Å². The fourth-order valence-corrected chi connectivity index (χ4v) is 3.85. The van der Waals surface area contributed by atoms with Crippen LogP contribution in [0.25, 0.3) is 0 Å². The molecule has 9 nitrogen and oxygen atoms in total. The Morgan fingerprint density at radius 1 is 1.30 bits per heavy atom. The summed E-state index contributed by atoms with van der Waals surface area (Å²) in [4.78, 5) is 26.1. The predicted molar refractivity (Wildman–Crippen MR) is 80.0 cm³/mol. The van der Waals surface area contributed by atoms with E-state index in [9.17, 15) is 18.0 Å². The summed E-state index contributed by atoms with van der Waals surface area (Å²) in [5.74, 6) is -0.102. The average molecular weight is 344 g/mol. The third-order valence-electron chi connectivity index (χ3n) is 3.81. The van der Waals surface area contributed by atoms with Crippen LogP contribution in [0.3, 0.4) is 0 Å².